The van der Waals surface area contributed by atoms with Gasteiger partial charge in [0.1, 0.15) is 6.10 Å². The predicted octanol–water partition coefficient (Wildman–Crippen LogP) is -0.973. The van der Waals surface area contributed by atoms with Crippen molar-refractivity contribution in [1.29, 1.82) is 0 Å². The molecule has 132 valence electrons. The molecule has 0 aromatic carbocycles. The van der Waals surface area contributed by atoms with Crippen LogP contribution in [0, 0.1) is 5.92 Å². The molecule has 4 unspecified atom stereocenters. The van der Waals surface area contributed by atoms with E-state index in [-0.39, 0.29) is 23.6 Å². The van der Waals surface area contributed by atoms with Gasteiger partial charge >= 0.3 is 11.4 Å². The summed E-state index contributed by atoms with van der Waals surface area (Å²) in [4.78, 5) is 39.4. The topological polar surface area (TPSA) is 151 Å². The van der Waals surface area contributed by atoms with E-state index in [1.807, 2.05) is 18.8 Å². The molecule has 10 nitrogen and oxygen atoms in total. The van der Waals surface area contributed by atoms with E-state index in [4.69, 9.17) is 9.15 Å². The van der Waals surface area contributed by atoms with E-state index in [1.54, 1.807) is 0 Å². The molecule has 0 spiro atoms. The molecule has 1 aliphatic heterocycles. The van der Waals surface area contributed by atoms with Crippen LogP contribution in [0.2, 0.25) is 0 Å². The minimum Gasteiger partial charge on any atom is -0.400 e. The van der Waals surface area contributed by atoms with Gasteiger partial charge in [-0.15, -0.1) is 0 Å². The number of aromatic nitrogens is 3. The van der Waals surface area contributed by atoms with Crippen LogP contribution in [0.25, 0.3) is 11.2 Å². The van der Waals surface area contributed by atoms with Crippen LogP contribution in [0.3, 0.4) is 0 Å². The van der Waals surface area contributed by atoms with E-state index in [9.17, 15) is 24.6 Å². The molecule has 0 amide bonds. The van der Waals surface area contributed by atoms with Gasteiger partial charge in [0.25, 0.3) is 5.56 Å². The number of rotatable bonds is 4. The first-order valence-electron chi connectivity index (χ1n) is 7.67. The predicted molar refractivity (Wildman–Crippen MR) is 81.7 cm³/mol. The Bertz CT molecular complexity index is 905. The second-order valence-corrected chi connectivity index (χ2v) is 6.39. The van der Waals surface area contributed by atoms with Gasteiger partial charge in [-0.25, -0.2) is 14.2 Å². The van der Waals surface area contributed by atoms with Crippen LogP contribution in [-0.4, -0.2) is 43.1 Å². The summed E-state index contributed by atoms with van der Waals surface area (Å²) in [5.41, 5.74) is -2.20. The lowest BCUT2D eigenvalue weighted by molar-refractivity contribution is -0.0802. The minimum atomic E-state index is -1.16. The number of aliphatic hydroxyl groups is 2. The summed E-state index contributed by atoms with van der Waals surface area (Å²) in [5, 5.41) is 20.4. The SMILES string of the molecule is CC(C)CC(O)C1CC(O)C(n2c(=O)oc3c(=O)[nH]c(=O)[nH]c32)O1. The summed E-state index contributed by atoms with van der Waals surface area (Å²) in [6.07, 6.45) is -3.15. The number of aliphatic hydroxyl groups excluding tert-OH is 2. The Kier molecular flexibility index (Phi) is 4.20. The summed E-state index contributed by atoms with van der Waals surface area (Å²) in [7, 11) is 0. The third-order valence-electron chi connectivity index (χ3n) is 4.02. The van der Waals surface area contributed by atoms with Crippen LogP contribution < -0.4 is 17.0 Å². The third kappa shape index (κ3) is 2.83. The van der Waals surface area contributed by atoms with E-state index < -0.39 is 41.5 Å². The first-order chi connectivity index (χ1) is 11.3. The zero-order valence-electron chi connectivity index (χ0n) is 13.2. The van der Waals surface area contributed by atoms with Crippen molar-refractivity contribution in [2.45, 2.75) is 51.2 Å². The maximum absolute atomic E-state index is 12.1. The number of hydrogen-bond acceptors (Lipinski definition) is 7. The largest absolute Gasteiger partial charge is 0.423 e. The zero-order chi connectivity index (χ0) is 17.6. The van der Waals surface area contributed by atoms with Crippen molar-refractivity contribution >= 4 is 11.2 Å². The maximum atomic E-state index is 12.1. The molecule has 1 saturated heterocycles. The number of aromatic amines is 2. The van der Waals surface area contributed by atoms with Crippen molar-refractivity contribution in [2.24, 2.45) is 5.92 Å². The highest BCUT2D eigenvalue weighted by Gasteiger charge is 2.41. The number of nitrogens with one attached hydrogen (secondary N) is 2. The molecule has 0 aliphatic carbocycles. The molecular weight excluding hydrogens is 322 g/mol. The Morgan fingerprint density at radius 3 is 2.67 bits per heavy atom. The lowest BCUT2D eigenvalue weighted by Crippen LogP contribution is -2.30. The normalized spacial score (nSPS) is 25.6. The highest BCUT2D eigenvalue weighted by Crippen LogP contribution is 2.32. The van der Waals surface area contributed by atoms with Crippen molar-refractivity contribution in [3.05, 3.63) is 31.4 Å². The zero-order valence-corrected chi connectivity index (χ0v) is 13.2. The van der Waals surface area contributed by atoms with Crippen LogP contribution >= 0.6 is 0 Å². The average molecular weight is 341 g/mol. The second kappa shape index (κ2) is 6.04. The number of hydrogen-bond donors (Lipinski definition) is 4. The fraction of sp³-hybridized carbons (Fsp3) is 0.643. The lowest BCUT2D eigenvalue weighted by atomic mass is 10.00. The highest BCUT2D eigenvalue weighted by atomic mass is 16.5. The molecular formula is C14H19N3O7. The average Bonchev–Trinajstić information content (AvgIpc) is 2.98. The lowest BCUT2D eigenvalue weighted by Gasteiger charge is -2.20. The van der Waals surface area contributed by atoms with Crippen molar-refractivity contribution in [1.82, 2.24) is 14.5 Å². The Labute approximate surface area is 134 Å². The number of oxazole rings is 1. The van der Waals surface area contributed by atoms with E-state index in [0.717, 1.165) is 4.57 Å². The van der Waals surface area contributed by atoms with Gasteiger partial charge in [-0.05, 0) is 12.3 Å². The summed E-state index contributed by atoms with van der Waals surface area (Å²) in [5.74, 6) is -0.715. The van der Waals surface area contributed by atoms with Gasteiger partial charge < -0.3 is 19.4 Å². The standard InChI is InChI=1S/C14H19N3O7/c1-5(2)3-6(18)8-4-7(19)12(23-8)17-10-9(24-14(17)22)11(20)16-13(21)15-10/h5-8,12,18-19H,3-4H2,1-2H3,(H2,15,16,20,21). The molecule has 1 aliphatic rings. The molecule has 2 aromatic rings. The van der Waals surface area contributed by atoms with Crippen molar-refractivity contribution in [2.75, 3.05) is 0 Å². The Balaban J connectivity index is 1.99. The third-order valence-corrected chi connectivity index (χ3v) is 4.02. The first-order valence-corrected chi connectivity index (χ1v) is 7.67. The monoisotopic (exact) mass is 341 g/mol. The van der Waals surface area contributed by atoms with E-state index in [0.29, 0.717) is 6.42 Å². The number of fused-ring (bicyclic) bond motifs is 1. The van der Waals surface area contributed by atoms with Gasteiger partial charge in [0.15, 0.2) is 11.9 Å². The summed E-state index contributed by atoms with van der Waals surface area (Å²) in [6, 6.07) is 0. The van der Waals surface area contributed by atoms with Crippen LogP contribution in [0.15, 0.2) is 18.8 Å². The maximum Gasteiger partial charge on any atom is 0.423 e. The van der Waals surface area contributed by atoms with Gasteiger partial charge in [-0.2, -0.15) is 0 Å². The molecule has 2 aromatic heterocycles. The van der Waals surface area contributed by atoms with Gasteiger partial charge in [-0.3, -0.25) is 14.8 Å². The molecule has 0 saturated carbocycles. The Hall–Kier alpha value is -2.17. The van der Waals surface area contributed by atoms with Gasteiger partial charge in [0, 0.05) is 6.42 Å². The summed E-state index contributed by atoms with van der Waals surface area (Å²) < 4.78 is 11.4. The molecule has 4 N–H and O–H groups in total. The summed E-state index contributed by atoms with van der Waals surface area (Å²) >= 11 is 0. The molecule has 1 fully saturated rings. The molecule has 0 bridgehead atoms. The molecule has 3 heterocycles. The van der Waals surface area contributed by atoms with Crippen LogP contribution in [-0.2, 0) is 4.74 Å². The summed E-state index contributed by atoms with van der Waals surface area (Å²) in [6.45, 7) is 3.88. The number of nitrogens with zero attached hydrogens (tertiary/aromatic N) is 1. The van der Waals surface area contributed by atoms with Crippen molar-refractivity contribution < 1.29 is 19.4 Å². The smallest absolute Gasteiger partial charge is 0.400 e. The van der Waals surface area contributed by atoms with Gasteiger partial charge in [0.05, 0.1) is 12.2 Å². The van der Waals surface area contributed by atoms with E-state index in [1.165, 1.54) is 0 Å². The fourth-order valence-electron chi connectivity index (χ4n) is 2.98. The van der Waals surface area contributed by atoms with Gasteiger partial charge in [0.2, 0.25) is 5.58 Å². The molecule has 4 atom stereocenters. The number of H-pyrrole nitrogens is 2. The van der Waals surface area contributed by atoms with Crippen LogP contribution in [0.5, 0.6) is 0 Å². The second-order valence-electron chi connectivity index (χ2n) is 6.39. The highest BCUT2D eigenvalue weighted by molar-refractivity contribution is 5.66. The first kappa shape index (κ1) is 16.7. The van der Waals surface area contributed by atoms with Crippen molar-refractivity contribution in [3.8, 4) is 0 Å². The fourth-order valence-corrected chi connectivity index (χ4v) is 2.98. The van der Waals surface area contributed by atoms with Crippen molar-refractivity contribution in [3.63, 3.8) is 0 Å². The Morgan fingerprint density at radius 2 is 2.00 bits per heavy atom. The molecule has 24 heavy (non-hydrogen) atoms. The molecule has 10 heteroatoms. The van der Waals surface area contributed by atoms with Crippen LogP contribution in [0.1, 0.15) is 32.9 Å². The quantitative estimate of drug-likeness (QED) is 0.558. The Morgan fingerprint density at radius 1 is 1.29 bits per heavy atom. The number of ether oxygens (including phenoxy) is 1. The molecule has 0 radical (unpaired) electrons. The van der Waals surface area contributed by atoms with Crippen LogP contribution in [0.4, 0.5) is 0 Å². The molecule has 3 rings (SSSR count). The van der Waals surface area contributed by atoms with E-state index >= 15 is 0 Å². The minimum absolute atomic E-state index is 0.116. The van der Waals surface area contributed by atoms with Gasteiger partial charge in [-0.1, -0.05) is 13.8 Å². The van der Waals surface area contributed by atoms with E-state index in [2.05, 4.69) is 4.98 Å².